The Morgan fingerprint density at radius 3 is 2.65 bits per heavy atom. The number of carbonyl (C=O) groups excluding carboxylic acids is 2. The third-order valence-corrected chi connectivity index (χ3v) is 6.52. The quantitative estimate of drug-likeness (QED) is 0.614. The summed E-state index contributed by atoms with van der Waals surface area (Å²) in [4.78, 5) is 34.4. The lowest BCUT2D eigenvalue weighted by Crippen LogP contribution is -2.48. The minimum atomic E-state index is -0.407. The van der Waals surface area contributed by atoms with E-state index in [1.807, 2.05) is 46.0 Å². The SMILES string of the molecule is CCN1CCN(C(=O)c2cccc(Cn3c(C)csc3=NC(=O)c3ccco3)c2)CC1. The summed E-state index contributed by atoms with van der Waals surface area (Å²) in [5.41, 5.74) is 2.69. The van der Waals surface area contributed by atoms with Crippen LogP contribution in [0.5, 0.6) is 0 Å². The van der Waals surface area contributed by atoms with Crippen LogP contribution in [0.3, 0.4) is 0 Å². The molecule has 4 rings (SSSR count). The van der Waals surface area contributed by atoms with Crippen LogP contribution in [0.1, 0.15) is 39.1 Å². The van der Waals surface area contributed by atoms with Crippen LogP contribution in [0.15, 0.2) is 57.5 Å². The summed E-state index contributed by atoms with van der Waals surface area (Å²) in [5.74, 6) is -0.119. The van der Waals surface area contributed by atoms with Gasteiger partial charge in [-0.15, -0.1) is 11.3 Å². The molecule has 0 aliphatic carbocycles. The number of hydrogen-bond acceptors (Lipinski definition) is 5. The summed E-state index contributed by atoms with van der Waals surface area (Å²) < 4.78 is 7.13. The van der Waals surface area contributed by atoms with Crippen LogP contribution < -0.4 is 4.80 Å². The van der Waals surface area contributed by atoms with E-state index in [0.29, 0.717) is 16.9 Å². The number of thiazole rings is 1. The second kappa shape index (κ2) is 9.45. The highest BCUT2D eigenvalue weighted by Crippen LogP contribution is 2.13. The van der Waals surface area contributed by atoms with Gasteiger partial charge in [0.05, 0.1) is 12.8 Å². The van der Waals surface area contributed by atoms with Gasteiger partial charge in [-0.2, -0.15) is 4.99 Å². The molecule has 0 N–H and O–H groups in total. The van der Waals surface area contributed by atoms with Gasteiger partial charge in [-0.25, -0.2) is 0 Å². The Morgan fingerprint density at radius 2 is 1.94 bits per heavy atom. The third kappa shape index (κ3) is 4.86. The molecule has 162 valence electrons. The number of benzene rings is 1. The average molecular weight is 439 g/mol. The maximum absolute atomic E-state index is 13.0. The Hall–Kier alpha value is -2.97. The number of aromatic nitrogens is 1. The van der Waals surface area contributed by atoms with E-state index in [9.17, 15) is 9.59 Å². The molecule has 2 amide bonds. The van der Waals surface area contributed by atoms with Crippen molar-refractivity contribution in [1.29, 1.82) is 0 Å². The summed E-state index contributed by atoms with van der Waals surface area (Å²) in [6.07, 6.45) is 1.46. The maximum Gasteiger partial charge on any atom is 0.315 e. The van der Waals surface area contributed by atoms with Crippen molar-refractivity contribution in [3.05, 3.63) is 75.4 Å². The van der Waals surface area contributed by atoms with Crippen molar-refractivity contribution >= 4 is 23.2 Å². The van der Waals surface area contributed by atoms with Crippen molar-refractivity contribution in [3.63, 3.8) is 0 Å². The molecule has 0 saturated carbocycles. The fourth-order valence-corrected chi connectivity index (χ4v) is 4.55. The standard InChI is InChI=1S/C23H26N4O3S/c1-3-25-9-11-26(12-10-25)22(29)19-7-4-6-18(14-19)15-27-17(2)16-31-23(27)24-21(28)20-8-5-13-30-20/h4-8,13-14,16H,3,9-12,15H2,1-2H3. The first-order valence-electron chi connectivity index (χ1n) is 10.4. The average Bonchev–Trinajstić information content (AvgIpc) is 3.45. The van der Waals surface area contributed by atoms with Gasteiger partial charge >= 0.3 is 5.91 Å². The molecular weight excluding hydrogens is 412 g/mol. The number of nitrogens with zero attached hydrogens (tertiary/aromatic N) is 4. The molecule has 0 bridgehead atoms. The maximum atomic E-state index is 13.0. The monoisotopic (exact) mass is 438 g/mol. The highest BCUT2D eigenvalue weighted by atomic mass is 32.1. The number of aryl methyl sites for hydroxylation is 1. The molecule has 1 aliphatic heterocycles. The van der Waals surface area contributed by atoms with Gasteiger partial charge in [-0.3, -0.25) is 9.59 Å². The van der Waals surface area contributed by atoms with Crippen molar-refractivity contribution in [2.24, 2.45) is 4.99 Å². The fraction of sp³-hybridized carbons (Fsp3) is 0.348. The summed E-state index contributed by atoms with van der Waals surface area (Å²) >= 11 is 1.41. The number of furan rings is 1. The van der Waals surface area contributed by atoms with Crippen molar-refractivity contribution in [2.75, 3.05) is 32.7 Å². The second-order valence-electron chi connectivity index (χ2n) is 7.57. The number of likely N-dealkylation sites (N-methyl/N-ethyl adjacent to an activating group) is 1. The molecule has 1 aromatic carbocycles. The van der Waals surface area contributed by atoms with Gasteiger partial charge < -0.3 is 18.8 Å². The second-order valence-corrected chi connectivity index (χ2v) is 8.40. The van der Waals surface area contributed by atoms with Crippen molar-refractivity contribution in [3.8, 4) is 0 Å². The number of hydrogen-bond donors (Lipinski definition) is 0. The van der Waals surface area contributed by atoms with Crippen molar-refractivity contribution in [1.82, 2.24) is 14.4 Å². The minimum Gasteiger partial charge on any atom is -0.459 e. The van der Waals surface area contributed by atoms with E-state index in [0.717, 1.165) is 44.0 Å². The number of piperazine rings is 1. The van der Waals surface area contributed by atoms with Crippen LogP contribution in [0, 0.1) is 6.92 Å². The Balaban J connectivity index is 1.53. The smallest absolute Gasteiger partial charge is 0.315 e. The van der Waals surface area contributed by atoms with Gasteiger partial charge in [0.2, 0.25) is 0 Å². The summed E-state index contributed by atoms with van der Waals surface area (Å²) in [6.45, 7) is 9.03. The number of rotatable bonds is 5. The Bertz CT molecular complexity index is 1120. The van der Waals surface area contributed by atoms with E-state index in [2.05, 4.69) is 16.8 Å². The molecule has 0 atom stereocenters. The minimum absolute atomic E-state index is 0.0718. The molecule has 0 spiro atoms. The molecule has 3 aromatic rings. The molecule has 0 radical (unpaired) electrons. The fourth-order valence-electron chi connectivity index (χ4n) is 3.67. The van der Waals surface area contributed by atoms with Crippen molar-refractivity contribution in [2.45, 2.75) is 20.4 Å². The van der Waals surface area contributed by atoms with Crippen LogP contribution in [0.25, 0.3) is 0 Å². The van der Waals surface area contributed by atoms with Gasteiger partial charge in [-0.05, 0) is 43.3 Å². The van der Waals surface area contributed by atoms with Gasteiger partial charge in [-0.1, -0.05) is 19.1 Å². The predicted molar refractivity (Wildman–Crippen MR) is 119 cm³/mol. The molecule has 8 heteroatoms. The van der Waals surface area contributed by atoms with E-state index in [4.69, 9.17) is 4.42 Å². The molecule has 1 saturated heterocycles. The zero-order chi connectivity index (χ0) is 21.8. The van der Waals surface area contributed by atoms with Crippen LogP contribution >= 0.6 is 11.3 Å². The molecule has 2 aromatic heterocycles. The van der Waals surface area contributed by atoms with Gasteiger partial charge in [0.1, 0.15) is 0 Å². The van der Waals surface area contributed by atoms with Crippen LogP contribution in [-0.2, 0) is 6.54 Å². The van der Waals surface area contributed by atoms with E-state index >= 15 is 0 Å². The lowest BCUT2D eigenvalue weighted by Gasteiger charge is -2.34. The lowest BCUT2D eigenvalue weighted by atomic mass is 10.1. The topological polar surface area (TPSA) is 71.1 Å². The first-order chi connectivity index (χ1) is 15.0. The molecule has 1 fully saturated rings. The summed E-state index contributed by atoms with van der Waals surface area (Å²) in [6, 6.07) is 11.0. The number of amides is 2. The van der Waals surface area contributed by atoms with E-state index in [1.54, 1.807) is 12.1 Å². The zero-order valence-corrected chi connectivity index (χ0v) is 18.6. The zero-order valence-electron chi connectivity index (χ0n) is 17.8. The highest BCUT2D eigenvalue weighted by Gasteiger charge is 2.21. The van der Waals surface area contributed by atoms with E-state index < -0.39 is 5.91 Å². The van der Waals surface area contributed by atoms with Gasteiger partial charge in [0.15, 0.2) is 10.6 Å². The van der Waals surface area contributed by atoms with Crippen molar-refractivity contribution < 1.29 is 14.0 Å². The van der Waals surface area contributed by atoms with E-state index in [-0.39, 0.29) is 11.7 Å². The largest absolute Gasteiger partial charge is 0.459 e. The van der Waals surface area contributed by atoms with Crippen LogP contribution in [0.4, 0.5) is 0 Å². The molecule has 1 aliphatic rings. The molecular formula is C23H26N4O3S. The van der Waals surface area contributed by atoms with Crippen LogP contribution in [0.2, 0.25) is 0 Å². The Kier molecular flexibility index (Phi) is 6.48. The number of carbonyl (C=O) groups is 2. The Morgan fingerprint density at radius 1 is 1.13 bits per heavy atom. The lowest BCUT2D eigenvalue weighted by molar-refractivity contribution is 0.0643. The molecule has 3 heterocycles. The predicted octanol–water partition coefficient (Wildman–Crippen LogP) is 3.02. The van der Waals surface area contributed by atoms with Gasteiger partial charge in [0, 0.05) is 42.8 Å². The van der Waals surface area contributed by atoms with Gasteiger partial charge in [0.25, 0.3) is 5.91 Å². The first-order valence-corrected chi connectivity index (χ1v) is 11.3. The Labute approximate surface area is 185 Å². The molecule has 7 nitrogen and oxygen atoms in total. The van der Waals surface area contributed by atoms with Crippen LogP contribution in [-0.4, -0.2) is 58.9 Å². The summed E-state index contributed by atoms with van der Waals surface area (Å²) in [5, 5.41) is 1.97. The molecule has 31 heavy (non-hydrogen) atoms. The van der Waals surface area contributed by atoms with E-state index in [1.165, 1.54) is 17.6 Å². The third-order valence-electron chi connectivity index (χ3n) is 5.54. The first kappa shape index (κ1) is 21.3. The summed E-state index contributed by atoms with van der Waals surface area (Å²) in [7, 11) is 0. The normalized spacial score (nSPS) is 15.4. The molecule has 0 unspecified atom stereocenters. The highest BCUT2D eigenvalue weighted by molar-refractivity contribution is 7.07.